The molecule has 0 radical (unpaired) electrons. The first-order valence-corrected chi connectivity index (χ1v) is 9.59. The highest BCUT2D eigenvalue weighted by atomic mass is 19.2. The van der Waals surface area contributed by atoms with Crippen LogP contribution in [0.25, 0.3) is 0 Å². The Balaban J connectivity index is 1.50. The van der Waals surface area contributed by atoms with E-state index in [-0.39, 0.29) is 11.7 Å². The molecule has 0 atom stereocenters. The van der Waals surface area contributed by atoms with Gasteiger partial charge in [-0.05, 0) is 35.4 Å². The molecule has 4 aromatic rings. The van der Waals surface area contributed by atoms with Crippen LogP contribution in [-0.2, 0) is 0 Å². The molecule has 4 rings (SSSR count). The average molecular weight is 416 g/mol. The van der Waals surface area contributed by atoms with E-state index < -0.39 is 17.5 Å². The molecule has 1 amide bonds. The minimum atomic E-state index is -1.08. The van der Waals surface area contributed by atoms with Gasteiger partial charge in [0.15, 0.2) is 17.7 Å². The summed E-state index contributed by atoms with van der Waals surface area (Å²) in [6, 6.07) is 25.8. The highest BCUT2D eigenvalue weighted by Crippen LogP contribution is 2.27. The smallest absolute Gasteiger partial charge is 0.255 e. The molecule has 0 aliphatic rings. The predicted molar refractivity (Wildman–Crippen MR) is 114 cm³/mol. The van der Waals surface area contributed by atoms with Gasteiger partial charge in [-0.3, -0.25) is 4.79 Å². The highest BCUT2D eigenvalue weighted by molar-refractivity contribution is 6.04. The number of pyridine rings is 1. The van der Waals surface area contributed by atoms with Crippen LogP contribution in [0.15, 0.2) is 97.2 Å². The molecular formula is C25H18F2N2O2. The number of rotatable bonds is 6. The van der Waals surface area contributed by atoms with Gasteiger partial charge in [-0.2, -0.15) is 0 Å². The quantitative estimate of drug-likeness (QED) is 0.433. The van der Waals surface area contributed by atoms with Gasteiger partial charge >= 0.3 is 0 Å². The molecule has 154 valence electrons. The largest absolute Gasteiger partial charge is 0.465 e. The molecule has 0 saturated heterocycles. The van der Waals surface area contributed by atoms with Crippen LogP contribution < -0.4 is 10.1 Å². The van der Waals surface area contributed by atoms with Crippen LogP contribution in [0.5, 0.6) is 5.88 Å². The van der Waals surface area contributed by atoms with Crippen molar-refractivity contribution in [3.8, 4) is 5.88 Å². The zero-order chi connectivity index (χ0) is 21.6. The van der Waals surface area contributed by atoms with E-state index in [1.807, 2.05) is 60.7 Å². The molecule has 1 heterocycles. The number of halogens is 2. The SMILES string of the molecule is O=C(Nc1ccc(OC(c2ccccc2)c2ccccc2)nc1)c1ccc(F)c(F)c1. The number of hydrogen-bond donors (Lipinski definition) is 1. The molecule has 0 fully saturated rings. The van der Waals surface area contributed by atoms with Crippen LogP contribution in [0, 0.1) is 11.6 Å². The Bertz CT molecular complexity index is 1130. The maximum Gasteiger partial charge on any atom is 0.255 e. The summed E-state index contributed by atoms with van der Waals surface area (Å²) in [6.45, 7) is 0. The number of benzene rings is 3. The van der Waals surface area contributed by atoms with E-state index in [1.54, 1.807) is 12.1 Å². The van der Waals surface area contributed by atoms with Gasteiger partial charge in [0, 0.05) is 11.6 Å². The molecule has 0 aliphatic heterocycles. The van der Waals surface area contributed by atoms with E-state index in [4.69, 9.17) is 4.74 Å². The van der Waals surface area contributed by atoms with Crippen LogP contribution in [0.3, 0.4) is 0 Å². The normalized spacial score (nSPS) is 10.7. The first-order valence-electron chi connectivity index (χ1n) is 9.59. The molecule has 0 aliphatic carbocycles. The molecule has 1 N–H and O–H groups in total. The monoisotopic (exact) mass is 416 g/mol. The number of aromatic nitrogens is 1. The molecule has 0 unspecified atom stereocenters. The van der Waals surface area contributed by atoms with E-state index in [1.165, 1.54) is 12.3 Å². The maximum absolute atomic E-state index is 13.3. The Morgan fingerprint density at radius 2 is 1.45 bits per heavy atom. The van der Waals surface area contributed by atoms with Gasteiger partial charge in [0.05, 0.1) is 11.9 Å². The molecule has 31 heavy (non-hydrogen) atoms. The molecule has 4 nitrogen and oxygen atoms in total. The minimum Gasteiger partial charge on any atom is -0.465 e. The van der Waals surface area contributed by atoms with Gasteiger partial charge in [-0.25, -0.2) is 13.8 Å². The third-order valence-electron chi connectivity index (χ3n) is 4.62. The van der Waals surface area contributed by atoms with E-state index in [0.29, 0.717) is 11.6 Å². The number of nitrogens with zero attached hydrogens (tertiary/aromatic N) is 1. The van der Waals surface area contributed by atoms with Gasteiger partial charge in [0.2, 0.25) is 5.88 Å². The van der Waals surface area contributed by atoms with Crippen molar-refractivity contribution in [2.75, 3.05) is 5.32 Å². The van der Waals surface area contributed by atoms with E-state index in [2.05, 4.69) is 10.3 Å². The first kappa shape index (κ1) is 20.2. The number of amides is 1. The maximum atomic E-state index is 13.3. The number of anilines is 1. The summed E-state index contributed by atoms with van der Waals surface area (Å²) < 4.78 is 32.5. The van der Waals surface area contributed by atoms with Crippen molar-refractivity contribution in [3.63, 3.8) is 0 Å². The highest BCUT2D eigenvalue weighted by Gasteiger charge is 2.17. The summed E-state index contributed by atoms with van der Waals surface area (Å²) in [6.07, 6.45) is 1.10. The lowest BCUT2D eigenvalue weighted by Gasteiger charge is -2.19. The third kappa shape index (κ3) is 4.93. The fourth-order valence-corrected chi connectivity index (χ4v) is 3.07. The Labute approximate surface area is 178 Å². The Hall–Kier alpha value is -4.06. The van der Waals surface area contributed by atoms with E-state index >= 15 is 0 Å². The zero-order valence-electron chi connectivity index (χ0n) is 16.3. The lowest BCUT2D eigenvalue weighted by molar-refractivity contribution is 0.102. The predicted octanol–water partition coefficient (Wildman–Crippen LogP) is 5.78. The Morgan fingerprint density at radius 1 is 0.806 bits per heavy atom. The fraction of sp³-hybridized carbons (Fsp3) is 0.0400. The second-order valence-corrected chi connectivity index (χ2v) is 6.79. The standard InChI is InChI=1S/C25H18F2N2O2/c26-21-13-11-19(15-22(21)27)25(30)29-20-12-14-23(28-16-20)31-24(17-7-3-1-4-8-17)18-9-5-2-6-10-18/h1-16,24H,(H,29,30). The summed E-state index contributed by atoms with van der Waals surface area (Å²) in [7, 11) is 0. The van der Waals surface area contributed by atoms with Crippen LogP contribution in [0.4, 0.5) is 14.5 Å². The second-order valence-electron chi connectivity index (χ2n) is 6.79. The van der Waals surface area contributed by atoms with Crippen molar-refractivity contribution in [1.29, 1.82) is 0 Å². The summed E-state index contributed by atoms with van der Waals surface area (Å²) >= 11 is 0. The lowest BCUT2D eigenvalue weighted by Crippen LogP contribution is -2.13. The van der Waals surface area contributed by atoms with E-state index in [0.717, 1.165) is 23.3 Å². The van der Waals surface area contributed by atoms with Crippen molar-refractivity contribution < 1.29 is 18.3 Å². The topological polar surface area (TPSA) is 51.2 Å². The Kier molecular flexibility index (Phi) is 5.98. The number of carbonyl (C=O) groups excluding carboxylic acids is 1. The molecule has 0 spiro atoms. The van der Waals surface area contributed by atoms with Gasteiger partial charge in [-0.1, -0.05) is 60.7 Å². The Morgan fingerprint density at radius 3 is 2.00 bits per heavy atom. The van der Waals surface area contributed by atoms with Crippen molar-refractivity contribution in [3.05, 3.63) is 126 Å². The summed E-state index contributed by atoms with van der Waals surface area (Å²) in [5.74, 6) is -2.28. The lowest BCUT2D eigenvalue weighted by atomic mass is 10.0. The summed E-state index contributed by atoms with van der Waals surface area (Å²) in [5.41, 5.74) is 2.36. The number of ether oxygens (including phenoxy) is 1. The number of carbonyl (C=O) groups is 1. The van der Waals surface area contributed by atoms with Crippen LogP contribution in [-0.4, -0.2) is 10.9 Å². The van der Waals surface area contributed by atoms with Crippen molar-refractivity contribution in [1.82, 2.24) is 4.98 Å². The molecule has 1 aromatic heterocycles. The van der Waals surface area contributed by atoms with Crippen molar-refractivity contribution in [2.45, 2.75) is 6.10 Å². The van der Waals surface area contributed by atoms with Crippen LogP contribution in [0.1, 0.15) is 27.6 Å². The second kappa shape index (κ2) is 9.17. The number of nitrogens with one attached hydrogen (secondary N) is 1. The molecule has 0 bridgehead atoms. The molecular weight excluding hydrogens is 398 g/mol. The molecule has 6 heteroatoms. The van der Waals surface area contributed by atoms with Crippen molar-refractivity contribution in [2.24, 2.45) is 0 Å². The molecule has 3 aromatic carbocycles. The minimum absolute atomic E-state index is 0.00689. The average Bonchev–Trinajstić information content (AvgIpc) is 2.81. The van der Waals surface area contributed by atoms with Crippen molar-refractivity contribution >= 4 is 11.6 Å². The third-order valence-corrected chi connectivity index (χ3v) is 4.62. The number of hydrogen-bond acceptors (Lipinski definition) is 3. The first-order chi connectivity index (χ1) is 15.1. The molecule has 0 saturated carbocycles. The van der Waals surface area contributed by atoms with Gasteiger partial charge in [-0.15, -0.1) is 0 Å². The van der Waals surface area contributed by atoms with Gasteiger partial charge in [0.25, 0.3) is 5.91 Å². The summed E-state index contributed by atoms with van der Waals surface area (Å²) in [5, 5.41) is 2.60. The fourth-order valence-electron chi connectivity index (χ4n) is 3.07. The van der Waals surface area contributed by atoms with Gasteiger partial charge in [0.1, 0.15) is 0 Å². The van der Waals surface area contributed by atoms with E-state index in [9.17, 15) is 13.6 Å². The summed E-state index contributed by atoms with van der Waals surface area (Å²) in [4.78, 5) is 16.5. The van der Waals surface area contributed by atoms with Gasteiger partial charge < -0.3 is 10.1 Å². The zero-order valence-corrected chi connectivity index (χ0v) is 16.3. The van der Waals surface area contributed by atoms with Crippen LogP contribution in [0.2, 0.25) is 0 Å². The van der Waals surface area contributed by atoms with Crippen LogP contribution >= 0.6 is 0 Å².